The topological polar surface area (TPSA) is 35.5 Å². The van der Waals surface area contributed by atoms with Crippen LogP contribution in [0.15, 0.2) is 9.84 Å². The van der Waals surface area contributed by atoms with E-state index >= 15 is 0 Å². The molecule has 0 spiro atoms. The molecule has 0 aromatic carbocycles. The van der Waals surface area contributed by atoms with Crippen molar-refractivity contribution >= 4 is 28.7 Å². The monoisotopic (exact) mass is 336 g/mol. The summed E-state index contributed by atoms with van der Waals surface area (Å²) in [6, 6.07) is 0. The first-order valence-electron chi connectivity index (χ1n) is 5.91. The molecular weight excluding hydrogens is 319 g/mol. The number of carbonyl (C=O) groups excluding carboxylic acids is 1. The molecule has 0 bridgehead atoms. The third-order valence-corrected chi connectivity index (χ3v) is 4.21. The van der Waals surface area contributed by atoms with Gasteiger partial charge in [0.1, 0.15) is 11.9 Å². The van der Waals surface area contributed by atoms with E-state index in [4.69, 9.17) is 9.47 Å². The fraction of sp³-hybridized carbons (Fsp3) is 0.750. The van der Waals surface area contributed by atoms with Crippen LogP contribution in [-0.2, 0) is 9.47 Å². The van der Waals surface area contributed by atoms with Crippen LogP contribution < -0.4 is 0 Å². The molecule has 3 nitrogen and oxygen atoms in total. The summed E-state index contributed by atoms with van der Waals surface area (Å²) in [6.45, 7) is 2.08. The van der Waals surface area contributed by atoms with Crippen molar-refractivity contribution in [1.29, 1.82) is 0 Å². The molecule has 1 heterocycles. The summed E-state index contributed by atoms with van der Waals surface area (Å²) in [5.41, 5.74) is 0. The van der Waals surface area contributed by atoms with Crippen molar-refractivity contribution < 1.29 is 14.3 Å². The minimum absolute atomic E-state index is 0.0163. The Morgan fingerprint density at radius 2 is 2.00 bits per heavy atom. The Kier molecular flexibility index (Phi) is 4.10. The molecule has 0 unspecified atom stereocenters. The van der Waals surface area contributed by atoms with E-state index in [9.17, 15) is 4.79 Å². The maximum Gasteiger partial charge on any atom is 0.513 e. The minimum atomic E-state index is -0.531. The maximum atomic E-state index is 11.3. The second-order valence-electron chi connectivity index (χ2n) is 4.63. The summed E-state index contributed by atoms with van der Waals surface area (Å²) in [6.07, 6.45) is 5.68. The van der Waals surface area contributed by atoms with Gasteiger partial charge in [-0.15, -0.1) is 0 Å². The largest absolute Gasteiger partial charge is 0.513 e. The van der Waals surface area contributed by atoms with Crippen molar-refractivity contribution in [3.8, 4) is 0 Å². The van der Waals surface area contributed by atoms with Crippen LogP contribution in [0, 0.1) is 11.8 Å². The first-order chi connectivity index (χ1) is 7.72. The molecule has 0 aromatic rings. The predicted octanol–water partition coefficient (Wildman–Crippen LogP) is 4.01. The van der Waals surface area contributed by atoms with Crippen LogP contribution in [0.5, 0.6) is 0 Å². The van der Waals surface area contributed by atoms with E-state index in [0.717, 1.165) is 5.76 Å². The van der Waals surface area contributed by atoms with Crippen molar-refractivity contribution in [2.45, 2.75) is 45.1 Å². The molecule has 16 heavy (non-hydrogen) atoms. The molecule has 2 fully saturated rings. The van der Waals surface area contributed by atoms with E-state index in [1.165, 1.54) is 32.1 Å². The van der Waals surface area contributed by atoms with Crippen LogP contribution in [-0.4, -0.2) is 12.3 Å². The zero-order valence-corrected chi connectivity index (χ0v) is 11.6. The van der Waals surface area contributed by atoms with E-state index < -0.39 is 6.16 Å². The van der Waals surface area contributed by atoms with E-state index in [-0.39, 0.29) is 12.0 Å². The number of rotatable bonds is 1. The quantitative estimate of drug-likeness (QED) is 0.536. The highest BCUT2D eigenvalue weighted by Gasteiger charge is 2.38. The summed E-state index contributed by atoms with van der Waals surface area (Å²) < 4.78 is 12.3. The molecule has 2 aliphatic rings. The van der Waals surface area contributed by atoms with Crippen LogP contribution in [0.4, 0.5) is 4.79 Å². The second-order valence-corrected chi connectivity index (χ2v) is 5.26. The molecule has 1 saturated heterocycles. The number of cyclic esters (lactones) is 2. The van der Waals surface area contributed by atoms with Gasteiger partial charge in [-0.25, -0.2) is 4.79 Å². The number of hydrogen-bond donors (Lipinski definition) is 0. The number of hydrogen-bond acceptors (Lipinski definition) is 3. The summed E-state index contributed by atoms with van der Waals surface area (Å²) in [5, 5.41) is 0. The van der Waals surface area contributed by atoms with Gasteiger partial charge in [0.25, 0.3) is 0 Å². The Hall–Kier alpha value is -0.260. The van der Waals surface area contributed by atoms with Crippen LogP contribution in [0.2, 0.25) is 0 Å². The van der Waals surface area contributed by atoms with Gasteiger partial charge in [0.2, 0.25) is 0 Å². The lowest BCUT2D eigenvalue weighted by molar-refractivity contribution is -0.0527. The second kappa shape index (κ2) is 5.38. The molecule has 0 amide bonds. The highest BCUT2D eigenvalue weighted by molar-refractivity contribution is 14.1. The SMILES string of the molecule is C[C@@H]1/C(=C\I)OC(=O)O[C@H]1C1CCCCC1. The van der Waals surface area contributed by atoms with Gasteiger partial charge in [-0.1, -0.05) is 26.2 Å². The molecule has 0 radical (unpaired) electrons. The number of halogens is 1. The Labute approximate surface area is 110 Å². The average Bonchev–Trinajstić information content (AvgIpc) is 2.33. The molecular formula is C12H17IO3. The Bertz CT molecular complexity index is 295. The zero-order valence-electron chi connectivity index (χ0n) is 9.45. The summed E-state index contributed by atoms with van der Waals surface area (Å²) in [5.74, 6) is 1.47. The minimum Gasteiger partial charge on any atom is -0.430 e. The van der Waals surface area contributed by atoms with Crippen molar-refractivity contribution in [3.05, 3.63) is 9.84 Å². The van der Waals surface area contributed by atoms with Gasteiger partial charge in [0.05, 0.1) is 5.92 Å². The normalized spacial score (nSPS) is 34.6. The molecule has 2 rings (SSSR count). The van der Waals surface area contributed by atoms with E-state index in [2.05, 4.69) is 29.5 Å². The van der Waals surface area contributed by atoms with Gasteiger partial charge in [0, 0.05) is 4.08 Å². The van der Waals surface area contributed by atoms with Crippen molar-refractivity contribution in [2.75, 3.05) is 0 Å². The molecule has 2 atom stereocenters. The molecule has 0 aromatic heterocycles. The number of ether oxygens (including phenoxy) is 2. The van der Waals surface area contributed by atoms with Crippen LogP contribution in [0.25, 0.3) is 0 Å². The third-order valence-electron chi connectivity index (χ3n) is 3.60. The summed E-state index contributed by atoms with van der Waals surface area (Å²) in [4.78, 5) is 11.3. The molecule has 1 aliphatic heterocycles. The Balaban J connectivity index is 2.09. The van der Waals surface area contributed by atoms with Crippen molar-refractivity contribution in [1.82, 2.24) is 0 Å². The van der Waals surface area contributed by atoms with Crippen molar-refractivity contribution in [3.63, 3.8) is 0 Å². The van der Waals surface area contributed by atoms with Gasteiger partial charge < -0.3 is 9.47 Å². The van der Waals surface area contributed by atoms with E-state index in [1.54, 1.807) is 0 Å². The van der Waals surface area contributed by atoms with Gasteiger partial charge in [-0.05, 0) is 41.4 Å². The maximum absolute atomic E-state index is 11.3. The molecule has 1 aliphatic carbocycles. The van der Waals surface area contributed by atoms with Crippen LogP contribution >= 0.6 is 22.6 Å². The molecule has 0 N–H and O–H groups in total. The lowest BCUT2D eigenvalue weighted by atomic mass is 9.80. The lowest BCUT2D eigenvalue weighted by Gasteiger charge is -2.36. The van der Waals surface area contributed by atoms with Gasteiger partial charge in [-0.2, -0.15) is 0 Å². The highest BCUT2D eigenvalue weighted by atomic mass is 127. The van der Waals surface area contributed by atoms with Gasteiger partial charge in [0.15, 0.2) is 0 Å². The van der Waals surface area contributed by atoms with E-state index in [0.29, 0.717) is 5.92 Å². The van der Waals surface area contributed by atoms with Gasteiger partial charge >= 0.3 is 6.16 Å². The first-order valence-corrected chi connectivity index (χ1v) is 7.15. The molecule has 4 heteroatoms. The fourth-order valence-corrected chi connectivity index (χ4v) is 3.37. The Morgan fingerprint density at radius 1 is 1.31 bits per heavy atom. The van der Waals surface area contributed by atoms with Crippen LogP contribution in [0.3, 0.4) is 0 Å². The fourth-order valence-electron chi connectivity index (χ4n) is 2.68. The average molecular weight is 336 g/mol. The molecule has 1 saturated carbocycles. The number of carbonyl (C=O) groups is 1. The standard InChI is InChI=1S/C12H17IO3/c1-8-10(7-13)15-12(14)16-11(8)9-5-3-2-4-6-9/h7-9,11H,2-6H2,1H3/b10-7+/t8-,11-/m1/s1. The van der Waals surface area contributed by atoms with Gasteiger partial charge in [-0.3, -0.25) is 0 Å². The van der Waals surface area contributed by atoms with Crippen molar-refractivity contribution in [2.24, 2.45) is 11.8 Å². The highest BCUT2D eigenvalue weighted by Crippen LogP contribution is 2.37. The smallest absolute Gasteiger partial charge is 0.430 e. The summed E-state index contributed by atoms with van der Waals surface area (Å²) >= 11 is 2.12. The Morgan fingerprint density at radius 3 is 2.62 bits per heavy atom. The van der Waals surface area contributed by atoms with Crippen LogP contribution in [0.1, 0.15) is 39.0 Å². The van der Waals surface area contributed by atoms with E-state index in [1.807, 2.05) is 4.08 Å². The predicted molar refractivity (Wildman–Crippen MR) is 69.2 cm³/mol. The first kappa shape index (κ1) is 12.2. The third kappa shape index (κ3) is 2.52. The molecule has 90 valence electrons. The lowest BCUT2D eigenvalue weighted by Crippen LogP contribution is -2.39. The zero-order chi connectivity index (χ0) is 11.5. The summed E-state index contributed by atoms with van der Waals surface area (Å²) in [7, 11) is 0.